The van der Waals surface area contributed by atoms with Crippen molar-refractivity contribution in [1.29, 1.82) is 0 Å². The van der Waals surface area contributed by atoms with E-state index in [-0.39, 0.29) is 41.7 Å². The Kier molecular flexibility index (Phi) is 21.8. The number of hydrogen-bond donors (Lipinski definition) is 4. The van der Waals surface area contributed by atoms with E-state index in [9.17, 15) is 38.4 Å². The van der Waals surface area contributed by atoms with Crippen LogP contribution in [-0.4, -0.2) is 83.0 Å². The molecule has 2 rings (SSSR count). The number of aliphatic hydroxyl groups excluding tert-OH is 4. The van der Waals surface area contributed by atoms with Crippen molar-refractivity contribution >= 4 is 11.7 Å². The summed E-state index contributed by atoms with van der Waals surface area (Å²) in [5.41, 5.74) is 1.47. The highest BCUT2D eigenvalue weighted by atomic mass is 19.4. The van der Waals surface area contributed by atoms with Crippen LogP contribution in [0, 0.1) is 35.5 Å². The third-order valence-electron chi connectivity index (χ3n) is 11.2. The van der Waals surface area contributed by atoms with Crippen molar-refractivity contribution in [2.24, 2.45) is 40.7 Å². The van der Waals surface area contributed by atoms with Crippen LogP contribution >= 0.6 is 0 Å². The first kappa shape index (κ1) is 52.1. The summed E-state index contributed by atoms with van der Waals surface area (Å²) < 4.78 is 56.9. The second kappa shape index (κ2) is 25.1. The number of benzene rings is 1. The molecule has 1 heterocycles. The first-order valence-electron chi connectivity index (χ1n) is 20.6. The summed E-state index contributed by atoms with van der Waals surface area (Å²) in [6, 6.07) is 4.50. The molecule has 0 spiro atoms. The molecule has 0 amide bonds. The van der Waals surface area contributed by atoms with E-state index >= 15 is 0 Å². The van der Waals surface area contributed by atoms with Crippen molar-refractivity contribution in [3.8, 4) is 0 Å². The van der Waals surface area contributed by atoms with Gasteiger partial charge in [-0.15, -0.1) is 0 Å². The number of hydrogen-bond acceptors (Lipinski definition) is 10. The number of halogens is 3. The van der Waals surface area contributed by atoms with Crippen molar-refractivity contribution in [2.45, 2.75) is 125 Å². The zero-order valence-corrected chi connectivity index (χ0v) is 37.0. The lowest BCUT2D eigenvalue weighted by Crippen LogP contribution is -2.45. The number of alkyl halides is 3. The van der Waals surface area contributed by atoms with E-state index < -0.39 is 66.2 Å². The molecule has 10 nitrogen and oxygen atoms in total. The quantitative estimate of drug-likeness (QED) is 0.0625. The van der Waals surface area contributed by atoms with Gasteiger partial charge in [-0.1, -0.05) is 113 Å². The first-order valence-corrected chi connectivity index (χ1v) is 20.6. The zero-order valence-electron chi connectivity index (χ0n) is 37.0. The number of carbonyl (C=O) groups is 1. The van der Waals surface area contributed by atoms with Gasteiger partial charge < -0.3 is 39.5 Å². The summed E-state index contributed by atoms with van der Waals surface area (Å²) in [6.07, 6.45) is 6.35. The van der Waals surface area contributed by atoms with Gasteiger partial charge >= 0.3 is 12.1 Å². The molecular formula is C47H68F3NO9. The maximum atomic E-state index is 13.9. The van der Waals surface area contributed by atoms with Crippen LogP contribution in [0.1, 0.15) is 86.3 Å². The molecule has 0 radical (unpaired) electrons. The Morgan fingerprint density at radius 1 is 1.03 bits per heavy atom. The zero-order chi connectivity index (χ0) is 45.3. The number of esters is 1. The molecule has 13 heteroatoms. The molecular weight excluding hydrogens is 780 g/mol. The Balaban J connectivity index is 2.62. The average Bonchev–Trinajstić information content (AvgIpc) is 3.20. The number of allylic oxidation sites excluding steroid dienone is 7. The van der Waals surface area contributed by atoms with E-state index in [1.54, 1.807) is 71.1 Å². The summed E-state index contributed by atoms with van der Waals surface area (Å²) in [5.74, 6) is -3.83. The summed E-state index contributed by atoms with van der Waals surface area (Å²) in [5, 5.41) is 49.5. The van der Waals surface area contributed by atoms with Crippen LogP contribution in [0.2, 0.25) is 0 Å². The highest BCUT2D eigenvalue weighted by molar-refractivity contribution is 5.96. The fraction of sp³-hybridized carbons (Fsp3) is 0.574. The van der Waals surface area contributed by atoms with Gasteiger partial charge in [0.1, 0.15) is 18.8 Å². The van der Waals surface area contributed by atoms with Crippen molar-refractivity contribution < 1.29 is 57.4 Å². The highest BCUT2D eigenvalue weighted by Crippen LogP contribution is 2.31. The van der Waals surface area contributed by atoms with Gasteiger partial charge in [0.25, 0.3) is 0 Å². The molecule has 0 saturated carbocycles. The molecule has 12 atom stereocenters. The lowest BCUT2D eigenvalue weighted by molar-refractivity contribution is -0.161. The second-order valence-electron chi connectivity index (χ2n) is 16.0. The van der Waals surface area contributed by atoms with Crippen molar-refractivity contribution in [3.63, 3.8) is 0 Å². The van der Waals surface area contributed by atoms with Gasteiger partial charge in [-0.3, -0.25) is 0 Å². The Morgan fingerprint density at radius 3 is 2.25 bits per heavy atom. The predicted molar refractivity (Wildman–Crippen MR) is 228 cm³/mol. The van der Waals surface area contributed by atoms with Gasteiger partial charge in [-0.25, -0.2) is 4.79 Å². The van der Waals surface area contributed by atoms with E-state index in [4.69, 9.17) is 19.0 Å². The number of aliphatic hydroxyl groups is 4. The van der Waals surface area contributed by atoms with Gasteiger partial charge in [0, 0.05) is 36.7 Å². The lowest BCUT2D eigenvalue weighted by Gasteiger charge is -2.34. The molecule has 1 aromatic rings. The van der Waals surface area contributed by atoms with Crippen LogP contribution < -0.4 is 0 Å². The van der Waals surface area contributed by atoms with Crippen LogP contribution in [0.5, 0.6) is 0 Å². The SMILES string of the molecule is CC=CC(O)C(C)C=CC(=NOCc1ccc(C(F)(F)F)cc1)C(C)C(O)C(C)C1OC(=O)C(OC)=CC(C)=CC(C)C(O)C(CC)C(O)C(C)CC(C)=CC=CC1OC. The van der Waals surface area contributed by atoms with E-state index in [1.165, 1.54) is 32.4 Å². The minimum atomic E-state index is -4.49. The highest BCUT2D eigenvalue weighted by Gasteiger charge is 2.38. The normalized spacial score (nSPS) is 27.2. The second-order valence-corrected chi connectivity index (χ2v) is 16.0. The maximum Gasteiger partial charge on any atom is 0.416 e. The van der Waals surface area contributed by atoms with E-state index in [1.807, 2.05) is 39.8 Å². The topological polar surface area (TPSA) is 147 Å². The molecule has 1 aliphatic rings. The maximum absolute atomic E-state index is 13.9. The van der Waals surface area contributed by atoms with Crippen LogP contribution in [0.3, 0.4) is 0 Å². The fourth-order valence-electron chi connectivity index (χ4n) is 7.27. The Bertz CT molecular complexity index is 1700. The van der Waals surface area contributed by atoms with E-state index in [2.05, 4.69) is 5.16 Å². The van der Waals surface area contributed by atoms with Gasteiger partial charge in [0.15, 0.2) is 0 Å². The molecule has 336 valence electrons. The largest absolute Gasteiger partial charge is 0.490 e. The van der Waals surface area contributed by atoms with Gasteiger partial charge in [0.2, 0.25) is 5.76 Å². The lowest BCUT2D eigenvalue weighted by atomic mass is 9.79. The Labute approximate surface area is 354 Å². The monoisotopic (exact) mass is 847 g/mol. The summed E-state index contributed by atoms with van der Waals surface area (Å²) in [7, 11) is 2.79. The molecule has 0 aromatic heterocycles. The molecule has 60 heavy (non-hydrogen) atoms. The average molecular weight is 848 g/mol. The molecule has 0 aliphatic carbocycles. The Morgan fingerprint density at radius 2 is 1.68 bits per heavy atom. The van der Waals surface area contributed by atoms with Gasteiger partial charge in [-0.05, 0) is 69.4 Å². The number of oxime groups is 1. The van der Waals surface area contributed by atoms with Crippen molar-refractivity contribution in [3.05, 3.63) is 107 Å². The molecule has 1 aliphatic heterocycles. The standard InChI is InChI=1S/C47H68F3NO9/c1-12-15-39(52)30(5)18-23-38(51-59-27-35-19-21-36(22-20-35)47(48,49)50)33(8)44(55)34(9)45-40(57-10)17-14-16-28(3)24-31(6)42(53)37(13-2)43(54)32(7)25-29(4)26-41(58-11)46(56)60-45/h12,14-23,25-26,30-34,37,39-40,42-45,52-55H,13,24,27H2,1-11H3. The number of rotatable bonds is 14. The van der Waals surface area contributed by atoms with E-state index in [0.29, 0.717) is 24.0 Å². The van der Waals surface area contributed by atoms with E-state index in [0.717, 1.165) is 17.7 Å². The van der Waals surface area contributed by atoms with Crippen molar-refractivity contribution in [2.75, 3.05) is 14.2 Å². The van der Waals surface area contributed by atoms with Crippen LogP contribution in [-0.2, 0) is 36.6 Å². The van der Waals surface area contributed by atoms with Crippen molar-refractivity contribution in [1.82, 2.24) is 0 Å². The third-order valence-corrected chi connectivity index (χ3v) is 11.2. The first-order chi connectivity index (χ1) is 28.2. The number of methoxy groups -OCH3 is 2. The molecule has 1 aromatic carbocycles. The third kappa shape index (κ3) is 15.8. The minimum absolute atomic E-state index is 0.128. The van der Waals surface area contributed by atoms with Crippen LogP contribution in [0.25, 0.3) is 0 Å². The summed E-state index contributed by atoms with van der Waals surface area (Å²) in [4.78, 5) is 19.5. The number of carbonyl (C=O) groups excluding carboxylic acids is 1. The van der Waals surface area contributed by atoms with Crippen LogP contribution in [0.4, 0.5) is 13.2 Å². The summed E-state index contributed by atoms with van der Waals surface area (Å²) in [6.45, 7) is 16.3. The fourth-order valence-corrected chi connectivity index (χ4v) is 7.27. The molecule has 0 saturated heterocycles. The number of nitrogens with zero attached hydrogens (tertiary/aromatic N) is 1. The number of ether oxygens (including phenoxy) is 3. The minimum Gasteiger partial charge on any atom is -0.490 e. The molecule has 4 N–H and O–H groups in total. The van der Waals surface area contributed by atoms with Gasteiger partial charge in [0.05, 0.1) is 42.8 Å². The number of cyclic esters (lactones) is 1. The smallest absolute Gasteiger partial charge is 0.416 e. The molecule has 12 unspecified atom stereocenters. The molecule has 0 bridgehead atoms. The molecule has 0 fully saturated rings. The predicted octanol–water partition coefficient (Wildman–Crippen LogP) is 8.67. The van der Waals surface area contributed by atoms with Gasteiger partial charge in [-0.2, -0.15) is 13.2 Å². The van der Waals surface area contributed by atoms with Crippen LogP contribution in [0.15, 0.2) is 101 Å². The summed E-state index contributed by atoms with van der Waals surface area (Å²) >= 11 is 0. The Hall–Kier alpha value is -4.01.